The van der Waals surface area contributed by atoms with Gasteiger partial charge in [0, 0.05) is 51.3 Å². The van der Waals surface area contributed by atoms with Crippen molar-refractivity contribution >= 4 is 29.2 Å². The molecule has 292 valence electrons. The third-order valence-electron chi connectivity index (χ3n) is 9.06. The van der Waals surface area contributed by atoms with Gasteiger partial charge in [-0.25, -0.2) is 9.80 Å². The van der Waals surface area contributed by atoms with E-state index < -0.39 is 12.1 Å². The molecule has 0 aliphatic carbocycles. The van der Waals surface area contributed by atoms with Gasteiger partial charge in [0.05, 0.1) is 12.2 Å². The summed E-state index contributed by atoms with van der Waals surface area (Å²) in [4.78, 5) is 40.0. The first-order chi connectivity index (χ1) is 26.9. The molecule has 56 heavy (non-hydrogen) atoms. The van der Waals surface area contributed by atoms with Crippen LogP contribution in [0.15, 0.2) is 127 Å². The summed E-state index contributed by atoms with van der Waals surface area (Å²) < 4.78 is 38.1. The van der Waals surface area contributed by atoms with E-state index in [4.69, 9.17) is 20.4 Å². The highest BCUT2D eigenvalue weighted by atomic mass is 19.4. The predicted molar refractivity (Wildman–Crippen MR) is 210 cm³/mol. The second-order valence-corrected chi connectivity index (χ2v) is 13.1. The average Bonchev–Trinajstić information content (AvgIpc) is 3.20. The van der Waals surface area contributed by atoms with Crippen LogP contribution in [0.1, 0.15) is 29.5 Å². The summed E-state index contributed by atoms with van der Waals surface area (Å²) >= 11 is 0. The van der Waals surface area contributed by atoms with Gasteiger partial charge in [-0.15, -0.1) is 0 Å². The van der Waals surface area contributed by atoms with Crippen molar-refractivity contribution < 1.29 is 37.4 Å². The van der Waals surface area contributed by atoms with Crippen LogP contribution in [0.4, 0.5) is 24.5 Å². The molecule has 0 unspecified atom stereocenters. The lowest BCUT2D eigenvalue weighted by molar-refractivity contribution is -0.192. The maximum atomic E-state index is 14.0. The number of hydrogen-bond acceptors (Lipinski definition) is 7. The van der Waals surface area contributed by atoms with Crippen LogP contribution in [-0.2, 0) is 27.5 Å². The normalized spacial score (nSPS) is 12.9. The van der Waals surface area contributed by atoms with Crippen LogP contribution in [0, 0.1) is 6.92 Å². The Hall–Kier alpha value is -6.18. The van der Waals surface area contributed by atoms with E-state index in [-0.39, 0.29) is 24.7 Å². The van der Waals surface area contributed by atoms with E-state index in [1.54, 1.807) is 4.90 Å². The fourth-order valence-corrected chi connectivity index (χ4v) is 6.11. The van der Waals surface area contributed by atoms with Crippen LogP contribution in [0.25, 0.3) is 11.1 Å². The highest BCUT2D eigenvalue weighted by Gasteiger charge is 2.38. The number of carboxylic acids is 1. The van der Waals surface area contributed by atoms with Gasteiger partial charge in [-0.3, -0.25) is 15.0 Å². The van der Waals surface area contributed by atoms with Gasteiger partial charge >= 0.3 is 12.1 Å². The van der Waals surface area contributed by atoms with Crippen molar-refractivity contribution in [2.45, 2.75) is 39.0 Å². The number of amides is 2. The Kier molecular flexibility index (Phi) is 14.2. The van der Waals surface area contributed by atoms with Crippen molar-refractivity contribution in [2.24, 2.45) is 5.73 Å². The van der Waals surface area contributed by atoms with Crippen molar-refractivity contribution in [1.29, 1.82) is 0 Å². The van der Waals surface area contributed by atoms with Crippen molar-refractivity contribution in [2.75, 3.05) is 36.0 Å². The highest BCUT2D eigenvalue weighted by Crippen LogP contribution is 2.34. The Bertz CT molecular complexity index is 2070. The number of nitrogens with zero attached hydrogens (tertiary/aromatic N) is 3. The Morgan fingerprint density at radius 3 is 2.09 bits per heavy atom. The van der Waals surface area contributed by atoms with Crippen LogP contribution in [-0.4, -0.2) is 60.3 Å². The molecule has 4 N–H and O–H groups in total. The van der Waals surface area contributed by atoms with Crippen LogP contribution >= 0.6 is 0 Å². The minimum absolute atomic E-state index is 0.0497. The third kappa shape index (κ3) is 11.7. The zero-order valence-corrected chi connectivity index (χ0v) is 30.9. The number of anilines is 2. The summed E-state index contributed by atoms with van der Waals surface area (Å²) in [6.45, 7) is 5.84. The van der Waals surface area contributed by atoms with Gasteiger partial charge in [-0.2, -0.15) is 13.2 Å². The number of carboxylic acid groups (broad SMARTS) is 1. The fraction of sp³-hybridized carbons (Fsp3) is 0.233. The molecule has 6 rings (SSSR count). The van der Waals surface area contributed by atoms with Crippen LogP contribution in [0.5, 0.6) is 11.5 Å². The maximum Gasteiger partial charge on any atom is 0.490 e. The predicted octanol–water partition coefficient (Wildman–Crippen LogP) is 7.71. The summed E-state index contributed by atoms with van der Waals surface area (Å²) in [7, 11) is 0. The van der Waals surface area contributed by atoms with Crippen LogP contribution in [0.2, 0.25) is 0 Å². The molecule has 1 heterocycles. The van der Waals surface area contributed by atoms with Crippen molar-refractivity contribution in [1.82, 2.24) is 10.4 Å². The van der Waals surface area contributed by atoms with E-state index >= 15 is 0 Å². The zero-order chi connectivity index (χ0) is 40.1. The number of benzene rings is 5. The minimum atomic E-state index is -5.08. The lowest BCUT2D eigenvalue weighted by Crippen LogP contribution is -2.53. The molecular weight excluding hydrogens is 723 g/mol. The number of halogens is 3. The number of rotatable bonds is 12. The molecule has 1 saturated heterocycles. The maximum absolute atomic E-state index is 14.0. The van der Waals surface area contributed by atoms with Crippen molar-refractivity contribution in [3.05, 3.63) is 144 Å². The van der Waals surface area contributed by atoms with Crippen molar-refractivity contribution in [3.63, 3.8) is 0 Å². The number of carbonyl (C=O) groups is 3. The second-order valence-electron chi connectivity index (χ2n) is 13.1. The topological polar surface area (TPSA) is 128 Å². The SMILES string of the molecule is Cc1ccccc1-c1ccc(CN(C(=O)CCC(=O)NN2CCN(c3ccccc3)CC2)c2ccccc2Oc2cccc(CN)c2)cc1.O=C(O)C(F)(F)F. The quantitative estimate of drug-likeness (QED) is 0.118. The molecule has 5 aromatic rings. The summed E-state index contributed by atoms with van der Waals surface area (Å²) in [6, 6.07) is 42.0. The first kappa shape index (κ1) is 41.0. The molecule has 0 atom stereocenters. The number of aryl methyl sites for hydroxylation is 1. The molecule has 1 fully saturated rings. The molecule has 0 aromatic heterocycles. The lowest BCUT2D eigenvalue weighted by Gasteiger charge is -2.36. The number of ether oxygens (including phenoxy) is 1. The molecule has 0 spiro atoms. The van der Waals surface area contributed by atoms with E-state index in [9.17, 15) is 22.8 Å². The molecule has 13 heteroatoms. The van der Waals surface area contributed by atoms with Gasteiger partial charge < -0.3 is 25.4 Å². The number of nitrogens with one attached hydrogen (secondary N) is 1. The summed E-state index contributed by atoms with van der Waals surface area (Å²) in [5.41, 5.74) is 16.1. The molecule has 10 nitrogen and oxygen atoms in total. The van der Waals surface area contributed by atoms with Gasteiger partial charge in [-0.1, -0.05) is 91.0 Å². The van der Waals surface area contributed by atoms with E-state index in [0.29, 0.717) is 43.4 Å². The van der Waals surface area contributed by atoms with Gasteiger partial charge in [0.25, 0.3) is 0 Å². The first-order valence-electron chi connectivity index (χ1n) is 18.1. The standard InChI is InChI=1S/C41H43N5O3.C2HF3O2/c1-31-10-5-6-15-37(31)34-20-18-32(19-21-34)30-46(38-16-7-8-17-39(38)49-36-14-9-11-33(28-36)29-42)41(48)23-22-40(47)43-45-26-24-44(25-27-45)35-12-3-2-4-13-35;3-2(4,5)1(6)7/h2-21,28H,22-27,29-30,42H2,1H3,(H,43,47);(H,6,7). The van der Waals surface area contributed by atoms with E-state index in [1.165, 1.54) is 16.8 Å². The molecule has 5 aromatic carbocycles. The highest BCUT2D eigenvalue weighted by molar-refractivity contribution is 5.96. The molecule has 0 saturated carbocycles. The summed E-state index contributed by atoms with van der Waals surface area (Å²) in [5, 5.41) is 9.07. The average molecular weight is 768 g/mol. The van der Waals surface area contributed by atoms with Gasteiger partial charge in [0.1, 0.15) is 5.75 Å². The largest absolute Gasteiger partial charge is 0.490 e. The number of hydrogen-bond donors (Lipinski definition) is 3. The minimum Gasteiger partial charge on any atom is -0.475 e. The zero-order valence-electron chi connectivity index (χ0n) is 30.9. The Balaban J connectivity index is 0.000000784. The monoisotopic (exact) mass is 767 g/mol. The number of hydrazine groups is 1. The lowest BCUT2D eigenvalue weighted by atomic mass is 9.99. The number of aliphatic carboxylic acids is 1. The Morgan fingerprint density at radius 2 is 1.43 bits per heavy atom. The van der Waals surface area contributed by atoms with E-state index in [0.717, 1.165) is 29.8 Å². The van der Waals surface area contributed by atoms with Crippen molar-refractivity contribution in [3.8, 4) is 22.6 Å². The second kappa shape index (κ2) is 19.4. The molecule has 1 aliphatic rings. The molecule has 0 radical (unpaired) electrons. The number of alkyl halides is 3. The number of carbonyl (C=O) groups excluding carboxylic acids is 2. The number of piperazine rings is 1. The Labute approximate surface area is 323 Å². The molecule has 2 amide bonds. The molecule has 0 bridgehead atoms. The summed E-state index contributed by atoms with van der Waals surface area (Å²) in [6.07, 6.45) is -4.96. The molecular formula is C43H44F3N5O5. The first-order valence-corrected chi connectivity index (χ1v) is 18.1. The molecule has 1 aliphatic heterocycles. The Morgan fingerprint density at radius 1 is 0.786 bits per heavy atom. The number of nitrogens with two attached hydrogens (primary N) is 1. The van der Waals surface area contributed by atoms with Gasteiger partial charge in [-0.05, 0) is 71.1 Å². The van der Waals surface area contributed by atoms with Crippen LogP contribution < -0.4 is 25.7 Å². The van der Waals surface area contributed by atoms with E-state index in [1.807, 2.05) is 83.9 Å². The summed E-state index contributed by atoms with van der Waals surface area (Å²) in [5.74, 6) is -1.92. The smallest absolute Gasteiger partial charge is 0.475 e. The van der Waals surface area contributed by atoms with Gasteiger partial charge in [0.2, 0.25) is 11.8 Å². The third-order valence-corrected chi connectivity index (χ3v) is 9.06. The fourth-order valence-electron chi connectivity index (χ4n) is 6.11. The van der Waals surface area contributed by atoms with E-state index in [2.05, 4.69) is 65.8 Å². The van der Waals surface area contributed by atoms with Crippen LogP contribution in [0.3, 0.4) is 0 Å². The number of para-hydroxylation sites is 3. The van der Waals surface area contributed by atoms with Gasteiger partial charge in [0.15, 0.2) is 5.75 Å².